The smallest absolute Gasteiger partial charge is 0.234 e. The summed E-state index contributed by atoms with van der Waals surface area (Å²) in [5, 5.41) is 11.3. The maximum absolute atomic E-state index is 11.4. The number of benzene rings is 2. The van der Waals surface area contributed by atoms with Crippen LogP contribution in [0.25, 0.3) is 0 Å². The number of hydrogen-bond acceptors (Lipinski definition) is 6. The number of nitriles is 1. The molecule has 0 saturated heterocycles. The van der Waals surface area contributed by atoms with Crippen molar-refractivity contribution in [3.05, 3.63) is 48.0 Å². The summed E-state index contributed by atoms with van der Waals surface area (Å²) < 4.78 is 22.7. The normalized spacial score (nSPS) is 9.97. The van der Waals surface area contributed by atoms with Crippen LogP contribution < -0.4 is 24.3 Å². The van der Waals surface area contributed by atoms with E-state index >= 15 is 0 Å². The van der Waals surface area contributed by atoms with Gasteiger partial charge < -0.3 is 24.3 Å². The van der Waals surface area contributed by atoms with Crippen LogP contribution in [0.2, 0.25) is 0 Å². The minimum absolute atomic E-state index is 0.151. The molecule has 1 amide bonds. The molecule has 2 rings (SSSR count). The molecule has 2 aromatic carbocycles. The van der Waals surface area contributed by atoms with Crippen molar-refractivity contribution in [1.82, 2.24) is 5.32 Å². The topological polar surface area (TPSA) is 89.8 Å². The molecule has 0 fully saturated rings. The van der Waals surface area contributed by atoms with Gasteiger partial charge in [0.2, 0.25) is 5.91 Å². The van der Waals surface area contributed by atoms with E-state index in [9.17, 15) is 4.79 Å². The number of rotatable bonds is 12. The van der Waals surface area contributed by atoms with Crippen molar-refractivity contribution in [2.75, 3.05) is 33.5 Å². The first-order valence-corrected chi connectivity index (χ1v) is 9.46. The van der Waals surface area contributed by atoms with Gasteiger partial charge >= 0.3 is 0 Å². The Morgan fingerprint density at radius 2 is 1.69 bits per heavy atom. The second kappa shape index (κ2) is 12.1. The van der Waals surface area contributed by atoms with Crippen LogP contribution in [0.5, 0.6) is 23.0 Å². The fraction of sp³-hybridized carbons (Fsp3) is 0.364. The van der Waals surface area contributed by atoms with Gasteiger partial charge in [-0.25, -0.2) is 0 Å². The largest absolute Gasteiger partial charge is 0.493 e. The zero-order valence-corrected chi connectivity index (χ0v) is 16.8. The van der Waals surface area contributed by atoms with Crippen molar-refractivity contribution in [1.29, 1.82) is 5.26 Å². The Labute approximate surface area is 171 Å². The van der Waals surface area contributed by atoms with Crippen LogP contribution >= 0.6 is 0 Å². The number of para-hydroxylation sites is 3. The van der Waals surface area contributed by atoms with Crippen LogP contribution in [0.4, 0.5) is 0 Å². The van der Waals surface area contributed by atoms with E-state index in [4.69, 9.17) is 24.2 Å². The molecule has 0 heterocycles. The number of hydrogen-bond donors (Lipinski definition) is 1. The third kappa shape index (κ3) is 6.92. The molecule has 7 heteroatoms. The lowest BCUT2D eigenvalue weighted by Gasteiger charge is -2.16. The number of ether oxygens (including phenoxy) is 4. The summed E-state index contributed by atoms with van der Waals surface area (Å²) in [5.74, 6) is 2.30. The van der Waals surface area contributed by atoms with Crippen molar-refractivity contribution in [3.8, 4) is 29.1 Å². The monoisotopic (exact) mass is 398 g/mol. The molecule has 29 heavy (non-hydrogen) atoms. The molecule has 1 N–H and O–H groups in total. The van der Waals surface area contributed by atoms with E-state index < -0.39 is 0 Å². The molecule has 154 valence electrons. The summed E-state index contributed by atoms with van der Waals surface area (Å²) in [6, 6.07) is 14.9. The Balaban J connectivity index is 1.94. The fourth-order valence-corrected chi connectivity index (χ4v) is 2.69. The van der Waals surface area contributed by atoms with E-state index in [-0.39, 0.29) is 12.3 Å². The standard InChI is InChI=1S/C22H26N2O5/c1-3-27-18-8-4-5-9-19(18)28-15-16-29-22-17(7-6-10-20(22)26-2)12-14-24-21(25)11-13-23/h4-10H,3,11-12,14-16H2,1-2H3,(H,24,25). The number of amides is 1. The SMILES string of the molecule is CCOc1ccccc1OCCOc1c(CCNC(=O)CC#N)cccc1OC. The molecular formula is C22H26N2O5. The van der Waals surface area contributed by atoms with Gasteiger partial charge in [-0.05, 0) is 37.1 Å². The van der Waals surface area contributed by atoms with Crippen LogP contribution in [0, 0.1) is 11.3 Å². The van der Waals surface area contributed by atoms with Crippen molar-refractivity contribution >= 4 is 5.91 Å². The van der Waals surface area contributed by atoms with E-state index in [1.165, 1.54) is 0 Å². The molecule has 0 saturated carbocycles. The van der Waals surface area contributed by atoms with Crippen LogP contribution in [0.3, 0.4) is 0 Å². The highest BCUT2D eigenvalue weighted by Crippen LogP contribution is 2.31. The quantitative estimate of drug-likeness (QED) is 0.553. The van der Waals surface area contributed by atoms with Gasteiger partial charge in [-0.2, -0.15) is 5.26 Å². The lowest BCUT2D eigenvalue weighted by molar-refractivity contribution is -0.120. The lowest BCUT2D eigenvalue weighted by atomic mass is 10.1. The average molecular weight is 398 g/mol. The van der Waals surface area contributed by atoms with Gasteiger partial charge in [0.05, 0.1) is 19.8 Å². The summed E-state index contributed by atoms with van der Waals surface area (Å²) in [6.07, 6.45) is 0.403. The van der Waals surface area contributed by atoms with Crippen molar-refractivity contribution in [2.45, 2.75) is 19.8 Å². The predicted molar refractivity (Wildman–Crippen MR) is 109 cm³/mol. The van der Waals surface area contributed by atoms with Gasteiger partial charge in [-0.3, -0.25) is 4.79 Å². The number of methoxy groups -OCH3 is 1. The Bertz CT molecular complexity index is 832. The summed E-state index contributed by atoms with van der Waals surface area (Å²) in [6.45, 7) is 3.54. The molecule has 0 spiro atoms. The molecule has 0 aliphatic carbocycles. The van der Waals surface area contributed by atoms with Crippen molar-refractivity contribution in [2.24, 2.45) is 0 Å². The molecule has 0 bridgehead atoms. The highest BCUT2D eigenvalue weighted by Gasteiger charge is 2.12. The van der Waals surface area contributed by atoms with Gasteiger partial charge in [-0.15, -0.1) is 0 Å². The summed E-state index contributed by atoms with van der Waals surface area (Å²) in [7, 11) is 1.58. The predicted octanol–water partition coefficient (Wildman–Crippen LogP) is 3.12. The fourth-order valence-electron chi connectivity index (χ4n) is 2.69. The van der Waals surface area contributed by atoms with Gasteiger partial charge in [0.1, 0.15) is 19.6 Å². The first-order chi connectivity index (χ1) is 14.2. The van der Waals surface area contributed by atoms with Gasteiger partial charge in [0, 0.05) is 6.54 Å². The zero-order chi connectivity index (χ0) is 20.9. The molecular weight excluding hydrogens is 372 g/mol. The number of carbonyl (C=O) groups excluding carboxylic acids is 1. The first-order valence-electron chi connectivity index (χ1n) is 9.46. The maximum atomic E-state index is 11.4. The molecule has 0 aromatic heterocycles. The highest BCUT2D eigenvalue weighted by molar-refractivity contribution is 5.77. The van der Waals surface area contributed by atoms with Crippen molar-refractivity contribution in [3.63, 3.8) is 0 Å². The maximum Gasteiger partial charge on any atom is 0.234 e. The van der Waals surface area contributed by atoms with E-state index in [2.05, 4.69) is 5.32 Å². The molecule has 0 aliphatic heterocycles. The third-order valence-electron chi connectivity index (χ3n) is 3.97. The summed E-state index contributed by atoms with van der Waals surface area (Å²) in [4.78, 5) is 11.4. The first kappa shape index (κ1) is 21.9. The second-order valence-electron chi connectivity index (χ2n) is 5.96. The minimum Gasteiger partial charge on any atom is -0.493 e. The Kier molecular flexibility index (Phi) is 9.16. The Morgan fingerprint density at radius 1 is 1.00 bits per heavy atom. The lowest BCUT2D eigenvalue weighted by Crippen LogP contribution is -2.25. The number of nitrogens with one attached hydrogen (secondary N) is 1. The van der Waals surface area contributed by atoms with Crippen LogP contribution in [-0.4, -0.2) is 39.4 Å². The number of nitrogens with zero attached hydrogens (tertiary/aromatic N) is 1. The molecule has 0 unspecified atom stereocenters. The molecule has 7 nitrogen and oxygen atoms in total. The van der Waals surface area contributed by atoms with Gasteiger partial charge in [0.25, 0.3) is 0 Å². The van der Waals surface area contributed by atoms with E-state index in [1.54, 1.807) is 7.11 Å². The average Bonchev–Trinajstić information content (AvgIpc) is 2.73. The van der Waals surface area contributed by atoms with Crippen molar-refractivity contribution < 1.29 is 23.7 Å². The van der Waals surface area contributed by atoms with Gasteiger partial charge in [0.15, 0.2) is 23.0 Å². The molecule has 0 aliphatic rings. The van der Waals surface area contributed by atoms with Crippen LogP contribution in [0.1, 0.15) is 18.9 Å². The van der Waals surface area contributed by atoms with Crippen LogP contribution in [0.15, 0.2) is 42.5 Å². The zero-order valence-electron chi connectivity index (χ0n) is 16.8. The molecule has 0 radical (unpaired) electrons. The van der Waals surface area contributed by atoms with Gasteiger partial charge in [-0.1, -0.05) is 24.3 Å². The molecule has 0 atom stereocenters. The number of carbonyl (C=O) groups is 1. The minimum atomic E-state index is -0.292. The Morgan fingerprint density at radius 3 is 2.38 bits per heavy atom. The highest BCUT2D eigenvalue weighted by atomic mass is 16.5. The Hall–Kier alpha value is -3.40. The molecule has 2 aromatic rings. The second-order valence-corrected chi connectivity index (χ2v) is 5.96. The summed E-state index contributed by atoms with van der Waals surface area (Å²) >= 11 is 0. The van der Waals surface area contributed by atoms with Crippen LogP contribution in [-0.2, 0) is 11.2 Å². The van der Waals surface area contributed by atoms with E-state index in [1.807, 2.05) is 55.5 Å². The van der Waals surface area contributed by atoms with E-state index in [0.29, 0.717) is 55.8 Å². The van der Waals surface area contributed by atoms with E-state index in [0.717, 1.165) is 5.56 Å². The summed E-state index contributed by atoms with van der Waals surface area (Å²) in [5.41, 5.74) is 0.899. The third-order valence-corrected chi connectivity index (χ3v) is 3.97.